The van der Waals surface area contributed by atoms with Crippen molar-refractivity contribution in [1.29, 1.82) is 0 Å². The Balaban J connectivity index is 0.000000821. The summed E-state index contributed by atoms with van der Waals surface area (Å²) >= 11 is 0. The van der Waals surface area contributed by atoms with Crippen LogP contribution in [0.3, 0.4) is 0 Å². The number of nitrogens with zero attached hydrogens (tertiary/aromatic N) is 2. The highest BCUT2D eigenvalue weighted by Gasteiger charge is 2.26. The molecule has 2 aromatic carbocycles. The molecule has 0 saturated heterocycles. The number of H-pyrrole nitrogens is 2. The molecule has 0 aliphatic carbocycles. The first kappa shape index (κ1) is 21.8. The Morgan fingerprint density at radius 3 is 2.48 bits per heavy atom. The maximum absolute atomic E-state index is 13.3. The number of benzene rings is 2. The van der Waals surface area contributed by atoms with Gasteiger partial charge in [-0.1, -0.05) is 48.5 Å². The smallest absolute Gasteiger partial charge is 0.290 e. The van der Waals surface area contributed by atoms with Gasteiger partial charge in [0.2, 0.25) is 5.56 Å². The van der Waals surface area contributed by atoms with Crippen LogP contribution < -0.4 is 5.56 Å². The molecule has 1 amide bonds. The lowest BCUT2D eigenvalue weighted by Gasteiger charge is -2.27. The minimum atomic E-state index is -0.250. The van der Waals surface area contributed by atoms with E-state index in [0.29, 0.717) is 24.3 Å². The first-order chi connectivity index (χ1) is 16.1. The number of amides is 1. The van der Waals surface area contributed by atoms with Gasteiger partial charge in [0.15, 0.2) is 0 Å². The standard InChI is InChI=1S/C24H20N4O2.CH2O2/c29-22-11-5-10-20(25-22)17-8-4-9-18(14-17)24(30)28-13-12-21-19(15-28)23(27-26-21)16-6-2-1-3-7-16;2-1-3/h1-11,14H,12-13,15H2,(H,25,29)(H,26,27);1H,(H,2,3). The molecule has 33 heavy (non-hydrogen) atoms. The Morgan fingerprint density at radius 2 is 1.73 bits per heavy atom. The normalized spacial score (nSPS) is 12.3. The van der Waals surface area contributed by atoms with Crippen LogP contribution in [0.25, 0.3) is 22.5 Å². The summed E-state index contributed by atoms with van der Waals surface area (Å²) in [7, 11) is 0. The average molecular weight is 442 g/mol. The zero-order chi connectivity index (χ0) is 23.2. The van der Waals surface area contributed by atoms with Crippen molar-refractivity contribution in [3.8, 4) is 22.5 Å². The van der Waals surface area contributed by atoms with Gasteiger partial charge in [0.05, 0.1) is 5.69 Å². The molecule has 3 heterocycles. The lowest BCUT2D eigenvalue weighted by Crippen LogP contribution is -2.35. The molecule has 8 nitrogen and oxygen atoms in total. The summed E-state index contributed by atoms with van der Waals surface area (Å²) in [6, 6.07) is 22.4. The highest BCUT2D eigenvalue weighted by Crippen LogP contribution is 2.29. The molecule has 1 aliphatic heterocycles. The van der Waals surface area contributed by atoms with Crippen molar-refractivity contribution in [3.63, 3.8) is 0 Å². The van der Waals surface area contributed by atoms with E-state index in [-0.39, 0.29) is 17.9 Å². The van der Waals surface area contributed by atoms with Gasteiger partial charge in [0.25, 0.3) is 12.4 Å². The fourth-order valence-corrected chi connectivity index (χ4v) is 3.92. The van der Waals surface area contributed by atoms with Crippen LogP contribution >= 0.6 is 0 Å². The van der Waals surface area contributed by atoms with Crippen molar-refractivity contribution in [1.82, 2.24) is 20.1 Å². The van der Waals surface area contributed by atoms with E-state index in [9.17, 15) is 9.59 Å². The van der Waals surface area contributed by atoms with Crippen LogP contribution in [0.15, 0.2) is 77.6 Å². The van der Waals surface area contributed by atoms with Crippen molar-refractivity contribution in [2.75, 3.05) is 6.54 Å². The number of fused-ring (bicyclic) bond motifs is 1. The number of carboxylic acid groups (broad SMARTS) is 1. The van der Waals surface area contributed by atoms with Crippen LogP contribution in [0.4, 0.5) is 0 Å². The van der Waals surface area contributed by atoms with Gasteiger partial charge in [-0.05, 0) is 23.8 Å². The van der Waals surface area contributed by atoms with Crippen LogP contribution in [-0.4, -0.2) is 44.1 Å². The monoisotopic (exact) mass is 442 g/mol. The predicted molar refractivity (Wildman–Crippen MR) is 124 cm³/mol. The third-order valence-electron chi connectivity index (χ3n) is 5.46. The van der Waals surface area contributed by atoms with Gasteiger partial charge in [-0.15, -0.1) is 0 Å². The van der Waals surface area contributed by atoms with E-state index >= 15 is 0 Å². The maximum atomic E-state index is 13.3. The number of hydrogen-bond acceptors (Lipinski definition) is 4. The Hall–Kier alpha value is -4.46. The van der Waals surface area contributed by atoms with Gasteiger partial charge in [-0.25, -0.2) is 0 Å². The van der Waals surface area contributed by atoms with Gasteiger partial charge >= 0.3 is 0 Å². The predicted octanol–water partition coefficient (Wildman–Crippen LogP) is 3.33. The largest absolute Gasteiger partial charge is 0.483 e. The second-order valence-corrected chi connectivity index (χ2v) is 7.49. The zero-order valence-electron chi connectivity index (χ0n) is 17.7. The van der Waals surface area contributed by atoms with E-state index in [2.05, 4.69) is 15.2 Å². The molecule has 8 heteroatoms. The quantitative estimate of drug-likeness (QED) is 0.421. The first-order valence-electron chi connectivity index (χ1n) is 10.4. The summed E-state index contributed by atoms with van der Waals surface area (Å²) in [5.41, 5.74) is 6.05. The molecule has 0 atom stereocenters. The van der Waals surface area contributed by atoms with E-state index in [1.807, 2.05) is 65.6 Å². The maximum Gasteiger partial charge on any atom is 0.290 e. The highest BCUT2D eigenvalue weighted by atomic mass is 16.3. The summed E-state index contributed by atoms with van der Waals surface area (Å²) < 4.78 is 0. The van der Waals surface area contributed by atoms with Gasteiger partial charge < -0.3 is 15.0 Å². The molecule has 0 radical (unpaired) electrons. The Morgan fingerprint density at radius 1 is 1.00 bits per heavy atom. The third-order valence-corrected chi connectivity index (χ3v) is 5.46. The van der Waals surface area contributed by atoms with Crippen molar-refractivity contribution < 1.29 is 14.7 Å². The molecule has 0 saturated carbocycles. The Labute approximate surface area is 189 Å². The van der Waals surface area contributed by atoms with E-state index < -0.39 is 0 Å². The molecule has 1 aliphatic rings. The molecule has 166 valence electrons. The minimum Gasteiger partial charge on any atom is -0.483 e. The fourth-order valence-electron chi connectivity index (χ4n) is 3.92. The summed E-state index contributed by atoms with van der Waals surface area (Å²) in [6.45, 7) is 0.899. The molecule has 5 rings (SSSR count). The number of carbonyl (C=O) groups is 2. The van der Waals surface area contributed by atoms with Crippen molar-refractivity contribution in [2.24, 2.45) is 0 Å². The van der Waals surface area contributed by atoms with Gasteiger partial charge in [0, 0.05) is 53.7 Å². The number of carbonyl (C=O) groups excluding carboxylic acids is 1. The number of hydrogen-bond donors (Lipinski definition) is 3. The summed E-state index contributed by atoms with van der Waals surface area (Å²) in [4.78, 5) is 37.9. The summed E-state index contributed by atoms with van der Waals surface area (Å²) in [5.74, 6) is -0.0269. The topological polar surface area (TPSA) is 119 Å². The van der Waals surface area contributed by atoms with Gasteiger partial charge in [0.1, 0.15) is 0 Å². The average Bonchev–Trinajstić information content (AvgIpc) is 3.28. The first-order valence-corrected chi connectivity index (χ1v) is 10.4. The van der Waals surface area contributed by atoms with Crippen molar-refractivity contribution in [3.05, 3.63) is 100.0 Å². The van der Waals surface area contributed by atoms with Crippen LogP contribution in [0.1, 0.15) is 21.6 Å². The SMILES string of the molecule is O=C(c1cccc(-c2cccc(=O)[nH]2)c1)N1CCc2[nH]nc(-c3ccccc3)c2C1.O=CO. The van der Waals surface area contributed by atoms with Crippen LogP contribution in [0.2, 0.25) is 0 Å². The summed E-state index contributed by atoms with van der Waals surface area (Å²) in [5, 5.41) is 14.5. The van der Waals surface area contributed by atoms with Crippen LogP contribution in [-0.2, 0) is 17.8 Å². The van der Waals surface area contributed by atoms with E-state index in [0.717, 1.165) is 34.5 Å². The lowest BCUT2D eigenvalue weighted by atomic mass is 10.00. The third kappa shape index (κ3) is 4.74. The number of aromatic amines is 2. The number of aromatic nitrogens is 3. The number of pyridine rings is 1. The van der Waals surface area contributed by atoms with Crippen LogP contribution in [0, 0.1) is 0 Å². The molecule has 0 unspecified atom stereocenters. The Bertz CT molecular complexity index is 1330. The zero-order valence-corrected chi connectivity index (χ0v) is 17.7. The molecule has 4 aromatic rings. The van der Waals surface area contributed by atoms with E-state index in [1.165, 1.54) is 6.07 Å². The molecule has 0 bridgehead atoms. The molecular weight excluding hydrogens is 420 g/mol. The van der Waals surface area contributed by atoms with Crippen molar-refractivity contribution >= 4 is 12.4 Å². The minimum absolute atomic E-state index is 0.0269. The molecular formula is C25H22N4O4. The molecule has 0 spiro atoms. The fraction of sp³-hybridized carbons (Fsp3) is 0.120. The second-order valence-electron chi connectivity index (χ2n) is 7.49. The lowest BCUT2D eigenvalue weighted by molar-refractivity contribution is -0.122. The van der Waals surface area contributed by atoms with Crippen molar-refractivity contribution in [2.45, 2.75) is 13.0 Å². The molecule has 0 fully saturated rings. The van der Waals surface area contributed by atoms with Gasteiger partial charge in [-0.3, -0.25) is 19.5 Å². The highest BCUT2D eigenvalue weighted by molar-refractivity contribution is 5.95. The second kappa shape index (κ2) is 9.78. The van der Waals surface area contributed by atoms with E-state index in [4.69, 9.17) is 9.90 Å². The number of rotatable bonds is 3. The van der Waals surface area contributed by atoms with E-state index in [1.54, 1.807) is 6.07 Å². The summed E-state index contributed by atoms with van der Waals surface area (Å²) in [6.07, 6.45) is 0.743. The Kier molecular flexibility index (Phi) is 6.45. The molecule has 2 aromatic heterocycles. The number of nitrogens with one attached hydrogen (secondary N) is 2. The van der Waals surface area contributed by atoms with Crippen LogP contribution in [0.5, 0.6) is 0 Å². The molecule has 3 N–H and O–H groups in total. The van der Waals surface area contributed by atoms with Gasteiger partial charge in [-0.2, -0.15) is 5.10 Å².